The average Bonchev–Trinajstić information content (AvgIpc) is 2.90. The van der Waals surface area contributed by atoms with Crippen molar-refractivity contribution in [2.24, 2.45) is 5.92 Å². The molecule has 0 saturated carbocycles. The molecule has 1 saturated heterocycles. The second kappa shape index (κ2) is 5.43. The number of amides is 1. The van der Waals surface area contributed by atoms with E-state index in [-0.39, 0.29) is 19.5 Å². The van der Waals surface area contributed by atoms with Crippen molar-refractivity contribution in [1.82, 2.24) is 4.90 Å². The molecule has 1 N–H and O–H groups in total. The van der Waals surface area contributed by atoms with Gasteiger partial charge >= 0.3 is 5.97 Å². The monoisotopic (exact) mass is 300 g/mol. The average molecular weight is 300 g/mol. The predicted molar refractivity (Wildman–Crippen MR) is 64.7 cm³/mol. The minimum atomic E-state index is -1.43. The Labute approximate surface area is 116 Å². The van der Waals surface area contributed by atoms with Crippen LogP contribution in [0.4, 0.5) is 14.5 Å². The number of hydrogen-bond acceptors (Lipinski definition) is 4. The number of carbonyl (C=O) groups excluding carboxylic acids is 1. The molecule has 0 aromatic heterocycles. The number of hydrogen-bond donors (Lipinski definition) is 1. The summed E-state index contributed by atoms with van der Waals surface area (Å²) in [5.41, 5.74) is -1.44. The minimum absolute atomic E-state index is 0.0892. The minimum Gasteiger partial charge on any atom is -0.481 e. The predicted octanol–water partition coefficient (Wildman–Crippen LogP) is 1.42. The first kappa shape index (κ1) is 14.8. The van der Waals surface area contributed by atoms with Crippen molar-refractivity contribution in [3.8, 4) is 0 Å². The lowest BCUT2D eigenvalue weighted by Crippen LogP contribution is -2.30. The highest BCUT2D eigenvalue weighted by Gasteiger charge is 2.34. The smallest absolute Gasteiger partial charge is 0.308 e. The molecule has 1 aliphatic heterocycles. The summed E-state index contributed by atoms with van der Waals surface area (Å²) in [7, 11) is 0. The summed E-state index contributed by atoms with van der Waals surface area (Å²) < 4.78 is 26.3. The van der Waals surface area contributed by atoms with E-state index in [1.54, 1.807) is 0 Å². The van der Waals surface area contributed by atoms with Gasteiger partial charge in [0.2, 0.25) is 0 Å². The van der Waals surface area contributed by atoms with Crippen molar-refractivity contribution < 1.29 is 28.4 Å². The molecule has 112 valence electrons. The van der Waals surface area contributed by atoms with Crippen molar-refractivity contribution in [3.63, 3.8) is 0 Å². The van der Waals surface area contributed by atoms with Crippen LogP contribution in [0.3, 0.4) is 0 Å². The van der Waals surface area contributed by atoms with E-state index in [9.17, 15) is 28.5 Å². The number of likely N-dealkylation sites (tertiary alicyclic amines) is 1. The van der Waals surface area contributed by atoms with Crippen LogP contribution >= 0.6 is 0 Å². The van der Waals surface area contributed by atoms with Gasteiger partial charge in [-0.3, -0.25) is 19.7 Å². The third-order valence-corrected chi connectivity index (χ3v) is 3.29. The van der Waals surface area contributed by atoms with Gasteiger partial charge in [0.1, 0.15) is 5.56 Å². The number of nitro groups is 1. The number of nitrogens with zero attached hydrogens (tertiary/aromatic N) is 2. The van der Waals surface area contributed by atoms with E-state index in [2.05, 4.69) is 0 Å². The van der Waals surface area contributed by atoms with E-state index in [0.29, 0.717) is 12.1 Å². The Kier molecular flexibility index (Phi) is 3.83. The van der Waals surface area contributed by atoms with Crippen molar-refractivity contribution in [1.29, 1.82) is 0 Å². The maximum absolute atomic E-state index is 13.2. The van der Waals surface area contributed by atoms with Crippen LogP contribution in [0.25, 0.3) is 0 Å². The molecule has 7 nitrogen and oxygen atoms in total. The van der Waals surface area contributed by atoms with Crippen molar-refractivity contribution in [3.05, 3.63) is 39.4 Å². The Morgan fingerprint density at radius 3 is 2.48 bits per heavy atom. The summed E-state index contributed by atoms with van der Waals surface area (Å²) in [5, 5.41) is 19.7. The molecule has 0 bridgehead atoms. The fourth-order valence-electron chi connectivity index (χ4n) is 2.18. The molecular formula is C12H10F2N2O5. The maximum atomic E-state index is 13.2. The highest BCUT2D eigenvalue weighted by atomic mass is 19.2. The summed E-state index contributed by atoms with van der Waals surface area (Å²) in [6, 6.07) is 0.803. The summed E-state index contributed by atoms with van der Waals surface area (Å²) in [5.74, 6) is -5.53. The van der Waals surface area contributed by atoms with Gasteiger partial charge in [0, 0.05) is 13.1 Å². The number of benzene rings is 1. The molecule has 1 amide bonds. The molecule has 9 heteroatoms. The first-order valence-corrected chi connectivity index (χ1v) is 5.96. The molecule has 1 fully saturated rings. The normalized spacial score (nSPS) is 17.8. The second-order valence-electron chi connectivity index (χ2n) is 4.62. The molecule has 1 aromatic rings. The lowest BCUT2D eigenvalue weighted by molar-refractivity contribution is -0.385. The number of rotatable bonds is 3. The van der Waals surface area contributed by atoms with Gasteiger partial charge < -0.3 is 10.0 Å². The zero-order valence-electron chi connectivity index (χ0n) is 10.6. The lowest BCUT2D eigenvalue weighted by Gasteiger charge is -2.15. The summed E-state index contributed by atoms with van der Waals surface area (Å²) >= 11 is 0. The van der Waals surface area contributed by atoms with Crippen LogP contribution < -0.4 is 0 Å². The van der Waals surface area contributed by atoms with Crippen molar-refractivity contribution in [2.75, 3.05) is 13.1 Å². The van der Waals surface area contributed by atoms with Gasteiger partial charge in [-0.25, -0.2) is 8.78 Å². The Morgan fingerprint density at radius 1 is 1.33 bits per heavy atom. The zero-order chi connectivity index (χ0) is 15.7. The van der Waals surface area contributed by atoms with E-state index in [1.807, 2.05) is 0 Å². The van der Waals surface area contributed by atoms with E-state index in [0.717, 1.165) is 4.90 Å². The first-order chi connectivity index (χ1) is 9.81. The Balaban J connectivity index is 2.33. The van der Waals surface area contributed by atoms with E-state index in [1.165, 1.54) is 0 Å². The topological polar surface area (TPSA) is 101 Å². The highest BCUT2D eigenvalue weighted by Crippen LogP contribution is 2.26. The third-order valence-electron chi connectivity index (χ3n) is 3.29. The molecule has 0 aliphatic carbocycles. The number of halogens is 2. The van der Waals surface area contributed by atoms with Gasteiger partial charge in [0.15, 0.2) is 11.6 Å². The molecule has 2 rings (SSSR count). The fraction of sp³-hybridized carbons (Fsp3) is 0.333. The number of carbonyl (C=O) groups is 2. The molecule has 1 unspecified atom stereocenters. The number of nitro benzene ring substituents is 1. The number of carboxylic acid groups (broad SMARTS) is 1. The molecule has 0 spiro atoms. The van der Waals surface area contributed by atoms with Crippen LogP contribution in [0.15, 0.2) is 12.1 Å². The number of aliphatic carboxylic acids is 1. The van der Waals surface area contributed by atoms with Gasteiger partial charge in [0.05, 0.1) is 16.9 Å². The molecule has 1 aromatic carbocycles. The molecule has 1 aliphatic rings. The first-order valence-electron chi connectivity index (χ1n) is 5.96. The summed E-state index contributed by atoms with van der Waals surface area (Å²) in [6.45, 7) is -0.0315. The van der Waals surface area contributed by atoms with Crippen LogP contribution in [-0.2, 0) is 4.79 Å². The van der Waals surface area contributed by atoms with Crippen molar-refractivity contribution >= 4 is 17.6 Å². The molecular weight excluding hydrogens is 290 g/mol. The Hall–Kier alpha value is -2.58. The van der Waals surface area contributed by atoms with Crippen LogP contribution in [0, 0.1) is 27.7 Å². The highest BCUT2D eigenvalue weighted by molar-refractivity contribution is 5.98. The standard InChI is InChI=1S/C12H10F2N2O5/c13-8-3-7(10(16(20)21)4-9(8)14)11(17)15-2-1-6(5-15)12(18)19/h3-4,6H,1-2,5H2,(H,18,19). The summed E-state index contributed by atoms with van der Waals surface area (Å²) in [4.78, 5) is 33.9. The molecule has 1 heterocycles. The maximum Gasteiger partial charge on any atom is 0.308 e. The largest absolute Gasteiger partial charge is 0.481 e. The second-order valence-corrected chi connectivity index (χ2v) is 4.62. The van der Waals surface area contributed by atoms with Gasteiger partial charge in [-0.05, 0) is 12.5 Å². The van der Waals surface area contributed by atoms with Crippen LogP contribution in [-0.4, -0.2) is 39.9 Å². The van der Waals surface area contributed by atoms with Gasteiger partial charge in [-0.15, -0.1) is 0 Å². The van der Waals surface area contributed by atoms with Crippen LogP contribution in [0.1, 0.15) is 16.8 Å². The Morgan fingerprint density at radius 2 is 1.95 bits per heavy atom. The van der Waals surface area contributed by atoms with E-state index < -0.39 is 45.6 Å². The molecule has 1 atom stereocenters. The molecule has 0 radical (unpaired) electrons. The van der Waals surface area contributed by atoms with E-state index in [4.69, 9.17) is 5.11 Å². The number of carboxylic acids is 1. The zero-order valence-corrected chi connectivity index (χ0v) is 10.6. The van der Waals surface area contributed by atoms with Crippen LogP contribution in [0.2, 0.25) is 0 Å². The Bertz CT molecular complexity index is 634. The quantitative estimate of drug-likeness (QED) is 0.672. The third kappa shape index (κ3) is 2.81. The SMILES string of the molecule is O=C(O)C1CCN(C(=O)c2cc(F)c(F)cc2[N+](=O)[O-])C1. The lowest BCUT2D eigenvalue weighted by atomic mass is 10.1. The molecule has 21 heavy (non-hydrogen) atoms. The van der Waals surface area contributed by atoms with E-state index >= 15 is 0 Å². The van der Waals surface area contributed by atoms with Crippen molar-refractivity contribution in [2.45, 2.75) is 6.42 Å². The van der Waals surface area contributed by atoms with Gasteiger partial charge in [0.25, 0.3) is 11.6 Å². The van der Waals surface area contributed by atoms with Gasteiger partial charge in [-0.1, -0.05) is 0 Å². The summed E-state index contributed by atoms with van der Waals surface area (Å²) in [6.07, 6.45) is 0.207. The fourth-order valence-corrected chi connectivity index (χ4v) is 2.18. The van der Waals surface area contributed by atoms with Gasteiger partial charge in [-0.2, -0.15) is 0 Å². The van der Waals surface area contributed by atoms with Crippen LogP contribution in [0.5, 0.6) is 0 Å².